The van der Waals surface area contributed by atoms with E-state index in [0.717, 1.165) is 32.1 Å². The summed E-state index contributed by atoms with van der Waals surface area (Å²) >= 11 is 0. The summed E-state index contributed by atoms with van der Waals surface area (Å²) in [5.74, 6) is -1.13. The Morgan fingerprint density at radius 2 is 2.12 bits per heavy atom. The van der Waals surface area contributed by atoms with E-state index in [1.807, 2.05) is 6.92 Å². The topological polar surface area (TPSA) is 92.4 Å². The van der Waals surface area contributed by atoms with Gasteiger partial charge in [0.2, 0.25) is 5.91 Å². The number of rotatable bonds is 7. The normalized spacial score (nSPS) is 19.2. The fraction of sp³-hybridized carbons (Fsp3) is 0.833. The predicted octanol–water partition coefficient (Wildman–Crippen LogP) is 0.875. The lowest BCUT2D eigenvalue weighted by atomic mass is 9.74. The molecule has 0 aliphatic heterocycles. The van der Waals surface area contributed by atoms with E-state index in [1.165, 1.54) is 0 Å². The molecule has 0 aromatic carbocycles. The summed E-state index contributed by atoms with van der Waals surface area (Å²) in [7, 11) is 0. The molecule has 98 valence electrons. The van der Waals surface area contributed by atoms with Crippen LogP contribution in [0.15, 0.2) is 0 Å². The second-order valence-electron chi connectivity index (χ2n) is 4.91. The zero-order valence-electron chi connectivity index (χ0n) is 10.4. The zero-order valence-corrected chi connectivity index (χ0v) is 10.4. The SMILES string of the molecule is CCCC(CN)C(=O)NC1(CC(=O)O)CCC1. The van der Waals surface area contributed by atoms with Crippen molar-refractivity contribution in [3.63, 3.8) is 0 Å². The summed E-state index contributed by atoms with van der Waals surface area (Å²) in [5, 5.41) is 11.7. The lowest BCUT2D eigenvalue weighted by molar-refractivity contribution is -0.140. The lowest BCUT2D eigenvalue weighted by Crippen LogP contribution is -2.56. The van der Waals surface area contributed by atoms with Gasteiger partial charge in [0, 0.05) is 6.54 Å². The van der Waals surface area contributed by atoms with Crippen molar-refractivity contribution in [3.8, 4) is 0 Å². The van der Waals surface area contributed by atoms with Crippen LogP contribution in [0.3, 0.4) is 0 Å². The minimum atomic E-state index is -0.857. The molecule has 5 heteroatoms. The van der Waals surface area contributed by atoms with Crippen molar-refractivity contribution in [2.24, 2.45) is 11.7 Å². The number of aliphatic carboxylic acids is 1. The molecule has 1 saturated carbocycles. The predicted molar refractivity (Wildman–Crippen MR) is 64.4 cm³/mol. The fourth-order valence-corrected chi connectivity index (χ4v) is 2.31. The zero-order chi connectivity index (χ0) is 12.9. The van der Waals surface area contributed by atoms with E-state index in [0.29, 0.717) is 6.54 Å². The summed E-state index contributed by atoms with van der Waals surface area (Å²) in [4.78, 5) is 22.7. The number of carboxylic acids is 1. The van der Waals surface area contributed by atoms with Crippen LogP contribution in [-0.4, -0.2) is 29.1 Å². The number of hydrogen-bond acceptors (Lipinski definition) is 3. The molecule has 17 heavy (non-hydrogen) atoms. The van der Waals surface area contributed by atoms with E-state index in [4.69, 9.17) is 10.8 Å². The molecule has 0 heterocycles. The molecule has 1 fully saturated rings. The molecule has 1 rings (SSSR count). The Hall–Kier alpha value is -1.10. The number of nitrogens with one attached hydrogen (secondary N) is 1. The molecular formula is C12H22N2O3. The van der Waals surface area contributed by atoms with Crippen LogP contribution in [0.5, 0.6) is 0 Å². The second kappa shape index (κ2) is 6.00. The summed E-state index contributed by atoms with van der Waals surface area (Å²) in [5.41, 5.74) is 5.05. The van der Waals surface area contributed by atoms with Crippen molar-refractivity contribution in [2.75, 3.05) is 6.54 Å². The minimum Gasteiger partial charge on any atom is -0.481 e. The molecule has 1 aliphatic rings. The van der Waals surface area contributed by atoms with Crippen molar-refractivity contribution in [1.82, 2.24) is 5.32 Å². The molecule has 0 aromatic heterocycles. The third-order valence-electron chi connectivity index (χ3n) is 3.48. The number of hydrogen-bond donors (Lipinski definition) is 3. The summed E-state index contributed by atoms with van der Waals surface area (Å²) in [6.45, 7) is 2.33. The molecule has 1 atom stereocenters. The first-order valence-corrected chi connectivity index (χ1v) is 6.27. The average Bonchev–Trinajstić information content (AvgIpc) is 2.21. The minimum absolute atomic E-state index is 0.0160. The van der Waals surface area contributed by atoms with Gasteiger partial charge in [0.15, 0.2) is 0 Å². The molecule has 4 N–H and O–H groups in total. The molecule has 1 unspecified atom stereocenters. The molecule has 1 amide bonds. The highest BCUT2D eigenvalue weighted by Gasteiger charge is 2.41. The number of carbonyl (C=O) groups excluding carboxylic acids is 1. The van der Waals surface area contributed by atoms with Gasteiger partial charge in [0.25, 0.3) is 0 Å². The summed E-state index contributed by atoms with van der Waals surface area (Å²) < 4.78 is 0. The lowest BCUT2D eigenvalue weighted by Gasteiger charge is -2.42. The van der Waals surface area contributed by atoms with Gasteiger partial charge in [0.1, 0.15) is 0 Å². The summed E-state index contributed by atoms with van der Waals surface area (Å²) in [6.07, 6.45) is 4.17. The van der Waals surface area contributed by atoms with Gasteiger partial charge in [-0.3, -0.25) is 9.59 Å². The molecule has 0 aromatic rings. The van der Waals surface area contributed by atoms with Crippen LogP contribution < -0.4 is 11.1 Å². The van der Waals surface area contributed by atoms with Gasteiger partial charge in [0.05, 0.1) is 17.9 Å². The maximum Gasteiger partial charge on any atom is 0.305 e. The van der Waals surface area contributed by atoms with Gasteiger partial charge in [-0.2, -0.15) is 0 Å². The van der Waals surface area contributed by atoms with Crippen molar-refractivity contribution >= 4 is 11.9 Å². The van der Waals surface area contributed by atoms with E-state index < -0.39 is 11.5 Å². The quantitative estimate of drug-likeness (QED) is 0.617. The highest BCUT2D eigenvalue weighted by atomic mass is 16.4. The molecule has 0 saturated heterocycles. The molecule has 0 bridgehead atoms. The van der Waals surface area contributed by atoms with Gasteiger partial charge in [-0.05, 0) is 25.7 Å². The Balaban J connectivity index is 2.55. The first-order valence-electron chi connectivity index (χ1n) is 6.27. The van der Waals surface area contributed by atoms with Crippen LogP contribution in [0, 0.1) is 5.92 Å². The van der Waals surface area contributed by atoms with Crippen LogP contribution in [0.2, 0.25) is 0 Å². The van der Waals surface area contributed by atoms with Crippen LogP contribution in [0.4, 0.5) is 0 Å². The second-order valence-corrected chi connectivity index (χ2v) is 4.91. The largest absolute Gasteiger partial charge is 0.481 e. The standard InChI is InChI=1S/C12H22N2O3/c1-2-4-9(8-13)11(17)14-12(5-3-6-12)7-10(15)16/h9H,2-8,13H2,1H3,(H,14,17)(H,15,16). The van der Waals surface area contributed by atoms with E-state index in [2.05, 4.69) is 5.32 Å². The van der Waals surface area contributed by atoms with E-state index in [-0.39, 0.29) is 18.2 Å². The molecule has 0 radical (unpaired) electrons. The van der Waals surface area contributed by atoms with Gasteiger partial charge in [-0.25, -0.2) is 0 Å². The third-order valence-corrected chi connectivity index (χ3v) is 3.48. The Labute approximate surface area is 102 Å². The van der Waals surface area contributed by atoms with Crippen LogP contribution >= 0.6 is 0 Å². The highest BCUT2D eigenvalue weighted by Crippen LogP contribution is 2.35. The van der Waals surface area contributed by atoms with Crippen LogP contribution in [0.1, 0.15) is 45.4 Å². The van der Waals surface area contributed by atoms with E-state index in [1.54, 1.807) is 0 Å². The van der Waals surface area contributed by atoms with Crippen molar-refractivity contribution in [2.45, 2.75) is 51.0 Å². The van der Waals surface area contributed by atoms with Gasteiger partial charge < -0.3 is 16.2 Å². The first-order chi connectivity index (χ1) is 8.03. The third kappa shape index (κ3) is 3.70. The Morgan fingerprint density at radius 1 is 1.47 bits per heavy atom. The number of carboxylic acid groups (broad SMARTS) is 1. The van der Waals surface area contributed by atoms with Crippen LogP contribution in [0.25, 0.3) is 0 Å². The van der Waals surface area contributed by atoms with E-state index in [9.17, 15) is 9.59 Å². The smallest absolute Gasteiger partial charge is 0.305 e. The molecule has 0 spiro atoms. The molecule has 1 aliphatic carbocycles. The maximum atomic E-state index is 12.0. The number of amides is 1. The highest BCUT2D eigenvalue weighted by molar-refractivity contribution is 5.81. The number of nitrogens with two attached hydrogens (primary N) is 1. The monoisotopic (exact) mass is 242 g/mol. The maximum absolute atomic E-state index is 12.0. The Kier molecular flexibility index (Phi) is 4.93. The molecule has 5 nitrogen and oxygen atoms in total. The van der Waals surface area contributed by atoms with E-state index >= 15 is 0 Å². The van der Waals surface area contributed by atoms with Crippen molar-refractivity contribution < 1.29 is 14.7 Å². The van der Waals surface area contributed by atoms with Gasteiger partial charge >= 0.3 is 5.97 Å². The Morgan fingerprint density at radius 3 is 2.47 bits per heavy atom. The van der Waals surface area contributed by atoms with Crippen molar-refractivity contribution in [3.05, 3.63) is 0 Å². The number of carbonyl (C=O) groups is 2. The van der Waals surface area contributed by atoms with Crippen molar-refractivity contribution in [1.29, 1.82) is 0 Å². The Bertz CT molecular complexity index is 287. The molecular weight excluding hydrogens is 220 g/mol. The summed E-state index contributed by atoms with van der Waals surface area (Å²) in [6, 6.07) is 0. The van der Waals surface area contributed by atoms with Gasteiger partial charge in [-0.15, -0.1) is 0 Å². The van der Waals surface area contributed by atoms with Crippen LogP contribution in [-0.2, 0) is 9.59 Å². The average molecular weight is 242 g/mol. The van der Waals surface area contributed by atoms with Gasteiger partial charge in [-0.1, -0.05) is 13.3 Å². The fourth-order valence-electron chi connectivity index (χ4n) is 2.31. The first kappa shape index (κ1) is 14.0.